The minimum atomic E-state index is -0.283. The van der Waals surface area contributed by atoms with Crippen molar-refractivity contribution in [2.45, 2.75) is 12.1 Å². The smallest absolute Gasteiger partial charge is 0.236 e. The summed E-state index contributed by atoms with van der Waals surface area (Å²) in [5.74, 6) is 0.813. The first-order valence-corrected chi connectivity index (χ1v) is 12.2. The molecule has 0 atom stereocenters. The van der Waals surface area contributed by atoms with Crippen LogP contribution < -0.4 is 5.32 Å². The first kappa shape index (κ1) is 23.1. The first-order chi connectivity index (χ1) is 17.6. The van der Waals surface area contributed by atoms with Crippen LogP contribution in [-0.2, 0) is 4.79 Å². The summed E-state index contributed by atoms with van der Waals surface area (Å²) in [6, 6.07) is 29.3. The average molecular weight is 492 g/mol. The summed E-state index contributed by atoms with van der Waals surface area (Å²) in [6.07, 6.45) is 1.44. The van der Waals surface area contributed by atoms with Crippen LogP contribution in [-0.4, -0.2) is 36.2 Å². The molecule has 2 aromatic heterocycles. The Bertz CT molecular complexity index is 1540. The highest BCUT2D eigenvalue weighted by Crippen LogP contribution is 2.28. The molecule has 5 rings (SSSR count). The monoisotopic (exact) mass is 491 g/mol. The van der Waals surface area contributed by atoms with Gasteiger partial charge in [0.2, 0.25) is 5.91 Å². The molecule has 0 unspecified atom stereocenters. The fourth-order valence-corrected chi connectivity index (χ4v) is 4.43. The van der Waals surface area contributed by atoms with E-state index in [9.17, 15) is 10.1 Å². The fourth-order valence-electron chi connectivity index (χ4n) is 3.68. The molecule has 3 aromatic carbocycles. The van der Waals surface area contributed by atoms with Gasteiger partial charge in [-0.25, -0.2) is 4.68 Å². The third kappa shape index (κ3) is 4.76. The van der Waals surface area contributed by atoms with Gasteiger partial charge < -0.3 is 5.32 Å². The fraction of sp³-hybridized carbons (Fsp3) is 0.0741. The average Bonchev–Trinajstić information content (AvgIpc) is 3.53. The first-order valence-electron chi connectivity index (χ1n) is 11.2. The van der Waals surface area contributed by atoms with Crippen LogP contribution >= 0.6 is 11.8 Å². The Morgan fingerprint density at radius 1 is 0.944 bits per heavy atom. The predicted molar refractivity (Wildman–Crippen MR) is 139 cm³/mol. The summed E-state index contributed by atoms with van der Waals surface area (Å²) in [5.41, 5.74) is 4.00. The lowest BCUT2D eigenvalue weighted by molar-refractivity contribution is -0.113. The van der Waals surface area contributed by atoms with Crippen LogP contribution in [0.25, 0.3) is 22.8 Å². The van der Waals surface area contributed by atoms with E-state index in [-0.39, 0.29) is 17.2 Å². The van der Waals surface area contributed by atoms with Crippen LogP contribution in [0.15, 0.2) is 96.3 Å². The Balaban J connectivity index is 1.40. The van der Waals surface area contributed by atoms with Crippen LogP contribution in [0.1, 0.15) is 11.1 Å². The van der Waals surface area contributed by atoms with Crippen LogP contribution in [0, 0.1) is 18.3 Å². The molecule has 0 spiro atoms. The molecule has 0 saturated carbocycles. The minimum Gasteiger partial charge on any atom is -0.309 e. The van der Waals surface area contributed by atoms with Gasteiger partial charge in [0.1, 0.15) is 11.6 Å². The number of carbonyl (C=O) groups is 1. The summed E-state index contributed by atoms with van der Waals surface area (Å²) in [6.45, 7) is 2.03. The molecule has 0 aliphatic carbocycles. The normalized spacial score (nSPS) is 10.7. The Morgan fingerprint density at radius 2 is 1.64 bits per heavy atom. The van der Waals surface area contributed by atoms with Crippen LogP contribution in [0.2, 0.25) is 0 Å². The molecule has 1 N–H and O–H groups in total. The number of nitrogens with one attached hydrogen (secondary N) is 1. The van der Waals surface area contributed by atoms with Gasteiger partial charge in [0, 0.05) is 11.3 Å². The molecule has 0 radical (unpaired) electrons. The van der Waals surface area contributed by atoms with Crippen molar-refractivity contribution in [2.24, 2.45) is 0 Å². The topological polar surface area (TPSA) is 101 Å². The zero-order chi connectivity index (χ0) is 24.9. The molecule has 0 bridgehead atoms. The standard InChI is InChI=1S/C27H21N7OS/c1-19-12-14-22(15-13-19)33-26(20-8-4-2-5-9-20)31-32-27(33)36-18-24(35)30-25-21(16-28)17-29-34(25)23-10-6-3-7-11-23/h2-15,17H,18H2,1H3,(H,30,35). The minimum absolute atomic E-state index is 0.0730. The van der Waals surface area contributed by atoms with Gasteiger partial charge in [0.25, 0.3) is 0 Å². The largest absolute Gasteiger partial charge is 0.309 e. The van der Waals surface area contributed by atoms with E-state index in [4.69, 9.17) is 0 Å². The Hall–Kier alpha value is -4.68. The van der Waals surface area contributed by atoms with E-state index in [1.165, 1.54) is 18.0 Å². The van der Waals surface area contributed by atoms with Gasteiger partial charge >= 0.3 is 0 Å². The van der Waals surface area contributed by atoms with Crippen molar-refractivity contribution in [2.75, 3.05) is 11.1 Å². The van der Waals surface area contributed by atoms with Crippen LogP contribution in [0.4, 0.5) is 5.82 Å². The molecule has 2 heterocycles. The maximum Gasteiger partial charge on any atom is 0.236 e. The second kappa shape index (κ2) is 10.3. The highest BCUT2D eigenvalue weighted by atomic mass is 32.2. The van der Waals surface area contributed by atoms with Crippen molar-refractivity contribution in [3.8, 4) is 28.8 Å². The maximum absolute atomic E-state index is 13.0. The van der Waals surface area contributed by atoms with Crippen molar-refractivity contribution >= 4 is 23.5 Å². The number of nitrogens with zero attached hydrogens (tertiary/aromatic N) is 6. The highest BCUT2D eigenvalue weighted by Gasteiger charge is 2.19. The van der Waals surface area contributed by atoms with E-state index >= 15 is 0 Å². The van der Waals surface area contributed by atoms with Gasteiger partial charge in [0.05, 0.1) is 17.6 Å². The molecule has 176 valence electrons. The van der Waals surface area contributed by atoms with E-state index < -0.39 is 0 Å². The summed E-state index contributed by atoms with van der Waals surface area (Å²) in [7, 11) is 0. The number of thioether (sulfide) groups is 1. The SMILES string of the molecule is Cc1ccc(-n2c(SCC(=O)Nc3c(C#N)cnn3-c3ccccc3)nnc2-c2ccccc2)cc1. The number of rotatable bonds is 7. The van der Waals surface area contributed by atoms with Crippen molar-refractivity contribution in [3.63, 3.8) is 0 Å². The zero-order valence-corrected chi connectivity index (χ0v) is 20.2. The van der Waals surface area contributed by atoms with Gasteiger partial charge in [-0.1, -0.05) is 78.0 Å². The van der Waals surface area contributed by atoms with Crippen molar-refractivity contribution in [1.29, 1.82) is 5.26 Å². The van der Waals surface area contributed by atoms with Gasteiger partial charge in [-0.2, -0.15) is 10.4 Å². The Morgan fingerprint density at radius 3 is 2.33 bits per heavy atom. The van der Waals surface area contributed by atoms with E-state index in [0.717, 1.165) is 22.5 Å². The molecule has 8 nitrogen and oxygen atoms in total. The van der Waals surface area contributed by atoms with E-state index in [1.807, 2.05) is 96.4 Å². The third-order valence-corrected chi connectivity index (χ3v) is 6.37. The summed E-state index contributed by atoms with van der Waals surface area (Å²) >= 11 is 1.27. The van der Waals surface area contributed by atoms with E-state index in [2.05, 4.69) is 26.7 Å². The lowest BCUT2D eigenvalue weighted by Crippen LogP contribution is -2.18. The number of amides is 1. The van der Waals surface area contributed by atoms with Gasteiger partial charge in [-0.05, 0) is 31.2 Å². The Labute approximate surface area is 212 Å². The molecule has 36 heavy (non-hydrogen) atoms. The zero-order valence-electron chi connectivity index (χ0n) is 19.4. The van der Waals surface area contributed by atoms with Crippen molar-refractivity contribution in [3.05, 3.63) is 102 Å². The molecule has 0 saturated heterocycles. The number of aromatic nitrogens is 5. The van der Waals surface area contributed by atoms with Crippen molar-refractivity contribution in [1.82, 2.24) is 24.5 Å². The highest BCUT2D eigenvalue weighted by molar-refractivity contribution is 7.99. The third-order valence-electron chi connectivity index (χ3n) is 5.44. The van der Waals surface area contributed by atoms with E-state index in [1.54, 1.807) is 4.68 Å². The van der Waals surface area contributed by atoms with Crippen molar-refractivity contribution < 1.29 is 4.79 Å². The Kier molecular flexibility index (Phi) is 6.60. The summed E-state index contributed by atoms with van der Waals surface area (Å²) in [4.78, 5) is 13.0. The number of aryl methyl sites for hydroxylation is 1. The number of nitriles is 1. The lowest BCUT2D eigenvalue weighted by atomic mass is 10.2. The maximum atomic E-state index is 13.0. The molecule has 9 heteroatoms. The number of benzene rings is 3. The number of para-hydroxylation sites is 1. The number of hydrogen-bond donors (Lipinski definition) is 1. The predicted octanol–water partition coefficient (Wildman–Crippen LogP) is 5.03. The second-order valence-corrected chi connectivity index (χ2v) is 8.89. The molecule has 1 amide bonds. The second-order valence-electron chi connectivity index (χ2n) is 7.95. The molecular weight excluding hydrogens is 470 g/mol. The summed E-state index contributed by atoms with van der Waals surface area (Å²) in [5, 5.41) is 26.0. The molecule has 0 aliphatic heterocycles. The van der Waals surface area contributed by atoms with Crippen LogP contribution in [0.3, 0.4) is 0 Å². The van der Waals surface area contributed by atoms with Crippen LogP contribution in [0.5, 0.6) is 0 Å². The molecular formula is C27H21N7OS. The molecule has 5 aromatic rings. The van der Waals surface area contributed by atoms with Gasteiger partial charge in [-0.3, -0.25) is 9.36 Å². The number of hydrogen-bond acceptors (Lipinski definition) is 6. The summed E-state index contributed by atoms with van der Waals surface area (Å²) < 4.78 is 3.49. The molecule has 0 fully saturated rings. The number of carbonyl (C=O) groups excluding carboxylic acids is 1. The molecule has 0 aliphatic rings. The van der Waals surface area contributed by atoms with Gasteiger partial charge in [0.15, 0.2) is 16.8 Å². The quantitative estimate of drug-likeness (QED) is 0.321. The van der Waals surface area contributed by atoms with Gasteiger partial charge in [-0.15, -0.1) is 10.2 Å². The van der Waals surface area contributed by atoms with E-state index in [0.29, 0.717) is 16.8 Å². The lowest BCUT2D eigenvalue weighted by Gasteiger charge is -2.11. The number of anilines is 1.